The number of amides is 1. The van der Waals surface area contributed by atoms with Gasteiger partial charge in [0, 0.05) is 6.04 Å². The Bertz CT molecular complexity index is 403. The summed E-state index contributed by atoms with van der Waals surface area (Å²) in [4.78, 5) is 12.3. The van der Waals surface area contributed by atoms with Crippen molar-refractivity contribution in [2.75, 3.05) is 0 Å². The van der Waals surface area contributed by atoms with Gasteiger partial charge in [-0.05, 0) is 38.7 Å². The molecule has 0 spiro atoms. The molecule has 2 nitrogen and oxygen atoms in total. The van der Waals surface area contributed by atoms with Gasteiger partial charge in [-0.1, -0.05) is 36.8 Å². The first-order valence-electron chi connectivity index (χ1n) is 6.46. The van der Waals surface area contributed by atoms with Gasteiger partial charge in [0.2, 0.25) is 5.91 Å². The molecule has 92 valence electrons. The second kappa shape index (κ2) is 4.52. The van der Waals surface area contributed by atoms with Crippen molar-refractivity contribution in [1.82, 2.24) is 5.32 Å². The van der Waals surface area contributed by atoms with Crippen molar-refractivity contribution in [2.45, 2.75) is 51.5 Å². The summed E-state index contributed by atoms with van der Waals surface area (Å²) in [5.41, 5.74) is 2.19. The van der Waals surface area contributed by atoms with Gasteiger partial charge in [0.05, 0.1) is 5.41 Å². The topological polar surface area (TPSA) is 29.1 Å². The Balaban J connectivity index is 2.14. The number of benzene rings is 1. The number of carbonyl (C=O) groups excluding carboxylic acids is 1. The summed E-state index contributed by atoms with van der Waals surface area (Å²) in [6.07, 6.45) is 2.95. The minimum absolute atomic E-state index is 0.204. The maximum absolute atomic E-state index is 12.3. The molecule has 1 amide bonds. The number of nitrogens with one attached hydrogen (secondary N) is 1. The molecule has 1 saturated carbocycles. The number of hydrogen-bond acceptors (Lipinski definition) is 1. The average Bonchev–Trinajstić information content (AvgIpc) is 3.11. The van der Waals surface area contributed by atoms with Crippen LogP contribution < -0.4 is 5.32 Å². The molecule has 0 aliphatic heterocycles. The first-order chi connectivity index (χ1) is 8.08. The van der Waals surface area contributed by atoms with Crippen LogP contribution in [-0.4, -0.2) is 11.9 Å². The summed E-state index contributed by atoms with van der Waals surface area (Å²) in [5, 5.41) is 3.11. The lowest BCUT2D eigenvalue weighted by Crippen LogP contribution is -2.39. The van der Waals surface area contributed by atoms with Crippen LogP contribution in [0.15, 0.2) is 24.3 Å². The van der Waals surface area contributed by atoms with E-state index >= 15 is 0 Å². The van der Waals surface area contributed by atoms with Gasteiger partial charge in [-0.25, -0.2) is 0 Å². The smallest absolute Gasteiger partial charge is 0.230 e. The standard InChI is InChI=1S/C15H21NO/c1-4-12(3)16-14(17)15(9-10-15)13-7-5-11(2)6-8-13/h5-8,12H,4,9-10H2,1-3H3,(H,16,17). The van der Waals surface area contributed by atoms with E-state index in [4.69, 9.17) is 0 Å². The van der Waals surface area contributed by atoms with Gasteiger partial charge >= 0.3 is 0 Å². The first kappa shape index (κ1) is 12.2. The van der Waals surface area contributed by atoms with Crippen molar-refractivity contribution >= 4 is 5.91 Å². The van der Waals surface area contributed by atoms with Crippen LogP contribution in [0.1, 0.15) is 44.2 Å². The quantitative estimate of drug-likeness (QED) is 0.848. The second-order valence-electron chi connectivity index (χ2n) is 5.23. The van der Waals surface area contributed by atoms with E-state index < -0.39 is 0 Å². The van der Waals surface area contributed by atoms with Crippen molar-refractivity contribution in [3.05, 3.63) is 35.4 Å². The van der Waals surface area contributed by atoms with Crippen molar-refractivity contribution in [1.29, 1.82) is 0 Å². The predicted molar refractivity (Wildman–Crippen MR) is 70.0 cm³/mol. The van der Waals surface area contributed by atoms with E-state index in [1.807, 2.05) is 0 Å². The van der Waals surface area contributed by atoms with Crippen LogP contribution in [0, 0.1) is 6.92 Å². The molecular formula is C15H21NO. The number of hydrogen-bond donors (Lipinski definition) is 1. The fourth-order valence-corrected chi connectivity index (χ4v) is 2.11. The highest BCUT2D eigenvalue weighted by Crippen LogP contribution is 2.48. The zero-order chi connectivity index (χ0) is 12.5. The minimum atomic E-state index is -0.225. The zero-order valence-corrected chi connectivity index (χ0v) is 10.9. The van der Waals surface area contributed by atoms with Crippen LogP contribution in [-0.2, 0) is 10.2 Å². The molecule has 1 aromatic rings. The van der Waals surface area contributed by atoms with Crippen molar-refractivity contribution in [3.8, 4) is 0 Å². The van der Waals surface area contributed by atoms with E-state index in [-0.39, 0.29) is 17.4 Å². The van der Waals surface area contributed by atoms with Gasteiger partial charge in [0.15, 0.2) is 0 Å². The molecule has 0 heterocycles. The molecule has 1 fully saturated rings. The number of carbonyl (C=O) groups is 1. The number of aryl methyl sites for hydroxylation is 1. The SMILES string of the molecule is CCC(C)NC(=O)C1(c2ccc(C)cc2)CC1. The van der Waals surface area contributed by atoms with E-state index in [9.17, 15) is 4.79 Å². The van der Waals surface area contributed by atoms with E-state index in [1.54, 1.807) is 0 Å². The van der Waals surface area contributed by atoms with Gasteiger partial charge in [0.1, 0.15) is 0 Å². The van der Waals surface area contributed by atoms with Gasteiger partial charge < -0.3 is 5.32 Å². The predicted octanol–water partition coefficient (Wildman–Crippen LogP) is 2.94. The summed E-state index contributed by atoms with van der Waals surface area (Å²) in [6, 6.07) is 8.64. The van der Waals surface area contributed by atoms with Crippen molar-refractivity contribution in [3.63, 3.8) is 0 Å². The van der Waals surface area contributed by atoms with Crippen LogP contribution in [0.5, 0.6) is 0 Å². The van der Waals surface area contributed by atoms with Crippen LogP contribution >= 0.6 is 0 Å². The molecule has 2 rings (SSSR count). The molecule has 0 saturated heterocycles. The minimum Gasteiger partial charge on any atom is -0.353 e. The van der Waals surface area contributed by atoms with E-state index in [1.165, 1.54) is 11.1 Å². The highest BCUT2D eigenvalue weighted by Gasteiger charge is 2.51. The Labute approximate surface area is 103 Å². The number of rotatable bonds is 4. The molecule has 1 N–H and O–H groups in total. The van der Waals surface area contributed by atoms with E-state index in [0.29, 0.717) is 0 Å². The summed E-state index contributed by atoms with van der Waals surface area (Å²) in [6.45, 7) is 6.22. The van der Waals surface area contributed by atoms with Crippen molar-refractivity contribution in [2.24, 2.45) is 0 Å². The highest BCUT2D eigenvalue weighted by atomic mass is 16.2. The van der Waals surface area contributed by atoms with Crippen molar-refractivity contribution < 1.29 is 4.79 Å². The van der Waals surface area contributed by atoms with E-state index in [0.717, 1.165) is 19.3 Å². The third-order valence-electron chi connectivity index (χ3n) is 3.78. The lowest BCUT2D eigenvalue weighted by molar-refractivity contribution is -0.124. The third kappa shape index (κ3) is 2.36. The normalized spacial score (nSPS) is 18.5. The van der Waals surface area contributed by atoms with Crippen LogP contribution in [0.25, 0.3) is 0 Å². The monoisotopic (exact) mass is 231 g/mol. The van der Waals surface area contributed by atoms with Crippen LogP contribution in [0.4, 0.5) is 0 Å². The average molecular weight is 231 g/mol. The van der Waals surface area contributed by atoms with Crippen LogP contribution in [0.3, 0.4) is 0 Å². The molecule has 1 aliphatic rings. The highest BCUT2D eigenvalue weighted by molar-refractivity contribution is 5.91. The fraction of sp³-hybridized carbons (Fsp3) is 0.533. The maximum Gasteiger partial charge on any atom is 0.230 e. The first-order valence-corrected chi connectivity index (χ1v) is 6.46. The van der Waals surface area contributed by atoms with Gasteiger partial charge in [-0.3, -0.25) is 4.79 Å². The largest absolute Gasteiger partial charge is 0.353 e. The van der Waals surface area contributed by atoms with Gasteiger partial charge in [-0.2, -0.15) is 0 Å². The fourth-order valence-electron chi connectivity index (χ4n) is 2.11. The van der Waals surface area contributed by atoms with Gasteiger partial charge in [-0.15, -0.1) is 0 Å². The van der Waals surface area contributed by atoms with Crippen LogP contribution in [0.2, 0.25) is 0 Å². The Morgan fingerprint density at radius 3 is 2.41 bits per heavy atom. The molecule has 17 heavy (non-hydrogen) atoms. The molecule has 1 aliphatic carbocycles. The second-order valence-corrected chi connectivity index (χ2v) is 5.23. The Morgan fingerprint density at radius 2 is 1.94 bits per heavy atom. The Morgan fingerprint density at radius 1 is 1.35 bits per heavy atom. The lowest BCUT2D eigenvalue weighted by atomic mass is 9.94. The summed E-state index contributed by atoms with van der Waals surface area (Å²) in [5.74, 6) is 0.204. The molecule has 1 unspecified atom stereocenters. The molecule has 2 heteroatoms. The molecule has 1 aromatic carbocycles. The molecular weight excluding hydrogens is 210 g/mol. The molecule has 0 bridgehead atoms. The maximum atomic E-state index is 12.3. The Kier molecular flexibility index (Phi) is 3.23. The summed E-state index contributed by atoms with van der Waals surface area (Å²) in [7, 11) is 0. The third-order valence-corrected chi connectivity index (χ3v) is 3.78. The lowest BCUT2D eigenvalue weighted by Gasteiger charge is -2.19. The Hall–Kier alpha value is -1.31. The zero-order valence-electron chi connectivity index (χ0n) is 10.9. The molecule has 0 radical (unpaired) electrons. The summed E-state index contributed by atoms with van der Waals surface area (Å²) >= 11 is 0. The summed E-state index contributed by atoms with van der Waals surface area (Å²) < 4.78 is 0. The van der Waals surface area contributed by atoms with E-state index in [2.05, 4.69) is 50.4 Å². The van der Waals surface area contributed by atoms with Gasteiger partial charge in [0.25, 0.3) is 0 Å². The molecule has 0 aromatic heterocycles. The molecule has 1 atom stereocenters.